The van der Waals surface area contributed by atoms with E-state index in [4.69, 9.17) is 14.2 Å². The first kappa shape index (κ1) is 23.3. The molecular formula is C27H38O5. The number of ether oxygens (including phenoxy) is 3. The van der Waals surface area contributed by atoms with E-state index >= 15 is 0 Å². The van der Waals surface area contributed by atoms with Crippen LogP contribution in [0.4, 0.5) is 0 Å². The van der Waals surface area contributed by atoms with E-state index in [1.807, 2.05) is 0 Å². The number of esters is 2. The van der Waals surface area contributed by atoms with Gasteiger partial charge in [0.05, 0.1) is 12.7 Å². The normalized spacial score (nSPS) is 39.6. The van der Waals surface area contributed by atoms with Crippen molar-refractivity contribution in [2.75, 3.05) is 6.61 Å². The zero-order valence-corrected chi connectivity index (χ0v) is 20.1. The van der Waals surface area contributed by atoms with Crippen molar-refractivity contribution in [3.8, 4) is 0 Å². The zero-order chi connectivity index (χ0) is 23.1. The molecule has 176 valence electrons. The lowest BCUT2D eigenvalue weighted by Crippen LogP contribution is -2.50. The van der Waals surface area contributed by atoms with E-state index in [9.17, 15) is 9.59 Å². The van der Waals surface area contributed by atoms with Gasteiger partial charge in [-0.25, -0.2) is 4.79 Å². The minimum atomic E-state index is -0.959. The van der Waals surface area contributed by atoms with Crippen LogP contribution in [0.2, 0.25) is 0 Å². The van der Waals surface area contributed by atoms with Crippen LogP contribution in [-0.4, -0.2) is 30.9 Å². The number of carbonyl (C=O) groups is 2. The zero-order valence-electron chi connectivity index (χ0n) is 20.1. The average Bonchev–Trinajstić information content (AvgIpc) is 3.11. The molecule has 2 heterocycles. The Labute approximate surface area is 192 Å². The number of rotatable bonds is 5. The maximum Gasteiger partial charge on any atom is 0.334 e. The van der Waals surface area contributed by atoms with E-state index in [-0.39, 0.29) is 11.5 Å². The summed E-state index contributed by atoms with van der Waals surface area (Å²) in [6, 6.07) is 0. The molecule has 6 atom stereocenters. The predicted molar refractivity (Wildman–Crippen MR) is 122 cm³/mol. The molecule has 0 aromatic heterocycles. The Morgan fingerprint density at radius 3 is 2.78 bits per heavy atom. The monoisotopic (exact) mass is 442 g/mol. The van der Waals surface area contributed by atoms with Crippen molar-refractivity contribution >= 4 is 11.9 Å². The second kappa shape index (κ2) is 8.81. The fourth-order valence-electron chi connectivity index (χ4n) is 6.73. The number of carbonyl (C=O) groups excluding carboxylic acids is 2. The molecule has 2 saturated carbocycles. The third-order valence-corrected chi connectivity index (χ3v) is 9.07. The van der Waals surface area contributed by atoms with Crippen LogP contribution in [0.3, 0.4) is 0 Å². The summed E-state index contributed by atoms with van der Waals surface area (Å²) in [6.45, 7) is 13.8. The van der Waals surface area contributed by atoms with Gasteiger partial charge in [-0.15, -0.1) is 0 Å². The van der Waals surface area contributed by atoms with E-state index in [1.54, 1.807) is 0 Å². The van der Waals surface area contributed by atoms with Gasteiger partial charge in [0.15, 0.2) is 0 Å². The van der Waals surface area contributed by atoms with Crippen LogP contribution in [0.1, 0.15) is 79.1 Å². The lowest BCUT2D eigenvalue weighted by Gasteiger charge is -2.59. The summed E-state index contributed by atoms with van der Waals surface area (Å²) >= 11 is 0. The lowest BCUT2D eigenvalue weighted by molar-refractivity contribution is -0.173. The number of cyclic esters (lactones) is 1. The second-order valence-electron chi connectivity index (χ2n) is 10.8. The standard InChI is InChI=1S/C27H38O5/c1-17-7-6-8-23-26(17,4)13-11-18(2)27(23,5)14-12-20-9-10-22(30-16-20)21-15-24(29)32-25(21)31-19(3)28/h9,15,18,22-23,25H,1,6-8,10-14,16H2,2-5H3/t18-,22+,23-,25-,26-,27-/m0/s1. The highest BCUT2D eigenvalue weighted by Crippen LogP contribution is 2.62. The second-order valence-corrected chi connectivity index (χ2v) is 10.8. The number of allylic oxidation sites excluding steroid dienone is 1. The van der Waals surface area contributed by atoms with Crippen LogP contribution in [0.25, 0.3) is 0 Å². The summed E-state index contributed by atoms with van der Waals surface area (Å²) in [4.78, 5) is 23.0. The summed E-state index contributed by atoms with van der Waals surface area (Å²) in [6.07, 6.45) is 11.6. The van der Waals surface area contributed by atoms with Crippen LogP contribution in [0, 0.1) is 22.7 Å². The molecule has 0 aromatic carbocycles. The van der Waals surface area contributed by atoms with Crippen molar-refractivity contribution in [1.82, 2.24) is 0 Å². The maximum absolute atomic E-state index is 11.7. The van der Waals surface area contributed by atoms with Gasteiger partial charge in [-0.3, -0.25) is 4.79 Å². The van der Waals surface area contributed by atoms with E-state index < -0.39 is 18.2 Å². The molecule has 2 aliphatic carbocycles. The van der Waals surface area contributed by atoms with Crippen LogP contribution >= 0.6 is 0 Å². The van der Waals surface area contributed by atoms with Gasteiger partial charge in [0.1, 0.15) is 0 Å². The molecule has 0 aromatic rings. The van der Waals surface area contributed by atoms with Gasteiger partial charge < -0.3 is 14.2 Å². The molecule has 0 amide bonds. The minimum absolute atomic E-state index is 0.287. The fourth-order valence-corrected chi connectivity index (χ4v) is 6.73. The fraction of sp³-hybridized carbons (Fsp3) is 0.704. The topological polar surface area (TPSA) is 61.8 Å². The van der Waals surface area contributed by atoms with Crippen molar-refractivity contribution < 1.29 is 23.8 Å². The summed E-state index contributed by atoms with van der Waals surface area (Å²) < 4.78 is 16.3. The minimum Gasteiger partial charge on any atom is -0.421 e. The molecule has 32 heavy (non-hydrogen) atoms. The molecule has 0 radical (unpaired) electrons. The third kappa shape index (κ3) is 4.21. The SMILES string of the molecule is C=C1CCC[C@@H]2[C@@](C)(CCC3=CC[C@H](C4=CC(=O)O[C@@H]4OC(C)=O)OC3)[C@@H](C)CC[C@@]12C. The van der Waals surface area contributed by atoms with Crippen molar-refractivity contribution in [1.29, 1.82) is 0 Å². The van der Waals surface area contributed by atoms with Crippen molar-refractivity contribution in [2.24, 2.45) is 22.7 Å². The Kier molecular flexibility index (Phi) is 6.41. The first-order chi connectivity index (χ1) is 15.1. The molecule has 5 heteroatoms. The predicted octanol–water partition coefficient (Wildman–Crippen LogP) is 5.65. The Morgan fingerprint density at radius 1 is 1.31 bits per heavy atom. The highest BCUT2D eigenvalue weighted by atomic mass is 16.7. The Balaban J connectivity index is 1.41. The Morgan fingerprint density at radius 2 is 2.09 bits per heavy atom. The van der Waals surface area contributed by atoms with Gasteiger partial charge >= 0.3 is 11.9 Å². The largest absolute Gasteiger partial charge is 0.421 e. The average molecular weight is 443 g/mol. The molecule has 5 nitrogen and oxygen atoms in total. The summed E-state index contributed by atoms with van der Waals surface area (Å²) in [5.74, 6) is 0.450. The smallest absolute Gasteiger partial charge is 0.334 e. The molecule has 0 spiro atoms. The Hall–Kier alpha value is -1.88. The molecule has 0 N–H and O–H groups in total. The number of hydrogen-bond donors (Lipinski definition) is 0. The maximum atomic E-state index is 11.7. The quantitative estimate of drug-likeness (QED) is 0.406. The number of hydrogen-bond acceptors (Lipinski definition) is 5. The summed E-state index contributed by atoms with van der Waals surface area (Å²) in [5, 5.41) is 0. The molecule has 0 saturated heterocycles. The van der Waals surface area contributed by atoms with Gasteiger partial charge in [0.25, 0.3) is 6.29 Å². The molecule has 4 aliphatic rings. The van der Waals surface area contributed by atoms with Crippen LogP contribution < -0.4 is 0 Å². The molecule has 0 bridgehead atoms. The van der Waals surface area contributed by atoms with E-state index in [0.717, 1.165) is 6.42 Å². The van der Waals surface area contributed by atoms with E-state index in [2.05, 4.69) is 33.4 Å². The van der Waals surface area contributed by atoms with Crippen molar-refractivity contribution in [3.05, 3.63) is 35.5 Å². The third-order valence-electron chi connectivity index (χ3n) is 9.07. The summed E-state index contributed by atoms with van der Waals surface area (Å²) in [7, 11) is 0. The highest BCUT2D eigenvalue weighted by molar-refractivity contribution is 5.86. The van der Waals surface area contributed by atoms with Gasteiger partial charge in [0, 0.05) is 18.6 Å². The molecule has 2 aliphatic heterocycles. The Bertz CT molecular complexity index is 854. The molecule has 4 rings (SSSR count). The van der Waals surface area contributed by atoms with Gasteiger partial charge in [0.2, 0.25) is 0 Å². The molecular weight excluding hydrogens is 404 g/mol. The highest BCUT2D eigenvalue weighted by Gasteiger charge is 2.53. The molecule has 2 fully saturated rings. The van der Waals surface area contributed by atoms with Crippen LogP contribution in [0.15, 0.2) is 35.5 Å². The van der Waals surface area contributed by atoms with Crippen LogP contribution in [-0.2, 0) is 23.8 Å². The van der Waals surface area contributed by atoms with Crippen molar-refractivity contribution in [3.63, 3.8) is 0 Å². The van der Waals surface area contributed by atoms with Gasteiger partial charge in [-0.05, 0) is 79.6 Å². The van der Waals surface area contributed by atoms with Crippen molar-refractivity contribution in [2.45, 2.75) is 91.5 Å². The first-order valence-corrected chi connectivity index (χ1v) is 12.2. The molecule has 0 unspecified atom stereocenters. The van der Waals surface area contributed by atoms with Gasteiger partial charge in [-0.1, -0.05) is 39.0 Å². The number of fused-ring (bicyclic) bond motifs is 1. The van der Waals surface area contributed by atoms with E-state index in [0.29, 0.717) is 35.9 Å². The summed E-state index contributed by atoms with van der Waals surface area (Å²) in [5.41, 5.74) is 3.99. The van der Waals surface area contributed by atoms with Gasteiger partial charge in [-0.2, -0.15) is 0 Å². The van der Waals surface area contributed by atoms with E-state index in [1.165, 1.54) is 62.7 Å². The first-order valence-electron chi connectivity index (χ1n) is 12.2. The van der Waals surface area contributed by atoms with Crippen LogP contribution in [0.5, 0.6) is 0 Å². The lowest BCUT2D eigenvalue weighted by atomic mass is 9.46.